The minimum Gasteiger partial charge on any atom is -0.306 e. The molecule has 3 heteroatoms. The largest absolute Gasteiger partial charge is 0.306 e. The summed E-state index contributed by atoms with van der Waals surface area (Å²) < 4.78 is 13.2. The fraction of sp³-hybridized carbons (Fsp3) is 0.412. The van der Waals surface area contributed by atoms with Crippen molar-refractivity contribution in [1.29, 1.82) is 0 Å². The minimum atomic E-state index is -0.155. The summed E-state index contributed by atoms with van der Waals surface area (Å²) in [4.78, 5) is 1.39. The molecule has 108 valence electrons. The van der Waals surface area contributed by atoms with E-state index in [-0.39, 0.29) is 5.82 Å². The van der Waals surface area contributed by atoms with Crippen LogP contribution in [0.5, 0.6) is 0 Å². The highest BCUT2D eigenvalue weighted by atomic mass is 32.1. The van der Waals surface area contributed by atoms with Gasteiger partial charge in [-0.1, -0.05) is 31.5 Å². The third kappa shape index (κ3) is 4.43. The fourth-order valence-corrected chi connectivity index (χ4v) is 3.33. The van der Waals surface area contributed by atoms with Crippen molar-refractivity contribution in [2.45, 2.75) is 45.2 Å². The monoisotopic (exact) mass is 291 g/mol. The van der Waals surface area contributed by atoms with Crippen LogP contribution in [0.4, 0.5) is 4.39 Å². The Morgan fingerprint density at radius 3 is 2.75 bits per heavy atom. The van der Waals surface area contributed by atoms with Crippen LogP contribution in [0.2, 0.25) is 0 Å². The van der Waals surface area contributed by atoms with E-state index in [1.165, 1.54) is 10.9 Å². The lowest BCUT2D eigenvalue weighted by Crippen LogP contribution is -2.31. The predicted octanol–water partition coefficient (Wildman–Crippen LogP) is 4.95. The molecule has 0 amide bonds. The van der Waals surface area contributed by atoms with Crippen LogP contribution in [0.3, 0.4) is 0 Å². The van der Waals surface area contributed by atoms with Crippen molar-refractivity contribution in [3.63, 3.8) is 0 Å². The molecule has 2 unspecified atom stereocenters. The molecule has 2 rings (SSSR count). The molecule has 0 spiro atoms. The summed E-state index contributed by atoms with van der Waals surface area (Å²) in [6, 6.07) is 11.9. The number of thiophene rings is 1. The van der Waals surface area contributed by atoms with Gasteiger partial charge < -0.3 is 5.32 Å². The van der Waals surface area contributed by atoms with Crippen LogP contribution >= 0.6 is 11.3 Å². The summed E-state index contributed by atoms with van der Waals surface area (Å²) in [5.41, 5.74) is 1.05. The molecule has 1 N–H and O–H groups in total. The van der Waals surface area contributed by atoms with Gasteiger partial charge in [0.25, 0.3) is 0 Å². The van der Waals surface area contributed by atoms with Crippen molar-refractivity contribution in [1.82, 2.24) is 5.32 Å². The van der Waals surface area contributed by atoms with Crippen molar-refractivity contribution >= 4 is 11.3 Å². The lowest BCUT2D eigenvalue weighted by Gasteiger charge is -2.22. The average Bonchev–Trinajstić information content (AvgIpc) is 2.92. The molecule has 2 aromatic rings. The van der Waals surface area contributed by atoms with Crippen LogP contribution in [0.1, 0.15) is 43.2 Å². The molecule has 1 aromatic carbocycles. The van der Waals surface area contributed by atoms with E-state index >= 15 is 0 Å². The van der Waals surface area contributed by atoms with Gasteiger partial charge in [0.2, 0.25) is 0 Å². The maximum atomic E-state index is 13.2. The standard InChI is InChI=1S/C17H22FNS/c1-3-6-16(17-9-5-10-20-17)19-13(2)11-14-7-4-8-15(18)12-14/h4-5,7-10,12-13,16,19H,3,6,11H2,1-2H3. The summed E-state index contributed by atoms with van der Waals surface area (Å²) in [5.74, 6) is -0.155. The summed E-state index contributed by atoms with van der Waals surface area (Å²) in [7, 11) is 0. The number of hydrogen-bond acceptors (Lipinski definition) is 2. The van der Waals surface area contributed by atoms with Gasteiger partial charge >= 0.3 is 0 Å². The first-order chi connectivity index (χ1) is 9.69. The van der Waals surface area contributed by atoms with Crippen molar-refractivity contribution < 1.29 is 4.39 Å². The molecular weight excluding hydrogens is 269 g/mol. The zero-order valence-corrected chi connectivity index (χ0v) is 12.9. The topological polar surface area (TPSA) is 12.0 Å². The van der Waals surface area contributed by atoms with Gasteiger partial charge in [0.05, 0.1) is 0 Å². The molecular formula is C17H22FNS. The van der Waals surface area contributed by atoms with E-state index in [0.717, 1.165) is 24.8 Å². The van der Waals surface area contributed by atoms with Gasteiger partial charge in [-0.05, 0) is 48.9 Å². The Labute approximate surface area is 124 Å². The Bertz CT molecular complexity index is 509. The molecule has 0 bridgehead atoms. The van der Waals surface area contributed by atoms with Crippen LogP contribution in [0.15, 0.2) is 41.8 Å². The first kappa shape index (κ1) is 15.2. The zero-order valence-electron chi connectivity index (χ0n) is 12.1. The van der Waals surface area contributed by atoms with Crippen LogP contribution in [-0.2, 0) is 6.42 Å². The normalized spacial score (nSPS) is 14.2. The second-order valence-corrected chi connectivity index (χ2v) is 6.24. The van der Waals surface area contributed by atoms with Crippen molar-refractivity contribution in [2.24, 2.45) is 0 Å². The van der Waals surface area contributed by atoms with Crippen molar-refractivity contribution in [3.05, 3.63) is 58.0 Å². The Morgan fingerprint density at radius 1 is 1.25 bits per heavy atom. The average molecular weight is 291 g/mol. The summed E-state index contributed by atoms with van der Waals surface area (Å²) >= 11 is 1.80. The van der Waals surface area contributed by atoms with Crippen LogP contribution in [0.25, 0.3) is 0 Å². The van der Waals surface area contributed by atoms with Crippen LogP contribution in [-0.4, -0.2) is 6.04 Å². The zero-order chi connectivity index (χ0) is 14.4. The van der Waals surface area contributed by atoms with Gasteiger partial charge in [-0.15, -0.1) is 11.3 Å². The molecule has 0 aliphatic heterocycles. The number of hydrogen-bond donors (Lipinski definition) is 1. The highest BCUT2D eigenvalue weighted by molar-refractivity contribution is 7.10. The van der Waals surface area contributed by atoms with E-state index in [4.69, 9.17) is 0 Å². The predicted molar refractivity (Wildman–Crippen MR) is 84.7 cm³/mol. The Kier molecular flexibility index (Phi) is 5.74. The second-order valence-electron chi connectivity index (χ2n) is 5.26. The van der Waals surface area contributed by atoms with E-state index in [1.807, 2.05) is 6.07 Å². The first-order valence-electron chi connectivity index (χ1n) is 7.23. The third-order valence-corrected chi connectivity index (χ3v) is 4.37. The highest BCUT2D eigenvalue weighted by Gasteiger charge is 2.14. The smallest absolute Gasteiger partial charge is 0.123 e. The van der Waals surface area contributed by atoms with Crippen LogP contribution < -0.4 is 5.32 Å². The summed E-state index contributed by atoms with van der Waals surface area (Å²) in [5, 5.41) is 5.80. The molecule has 1 aromatic heterocycles. The Hall–Kier alpha value is -1.19. The molecule has 0 saturated carbocycles. The van der Waals surface area contributed by atoms with E-state index in [1.54, 1.807) is 23.5 Å². The third-order valence-electron chi connectivity index (χ3n) is 3.38. The van der Waals surface area contributed by atoms with Gasteiger partial charge in [-0.3, -0.25) is 0 Å². The molecule has 0 fully saturated rings. The van der Waals surface area contributed by atoms with Crippen LogP contribution in [0, 0.1) is 5.82 Å². The molecule has 0 aliphatic rings. The maximum Gasteiger partial charge on any atom is 0.123 e. The van der Waals surface area contributed by atoms with Gasteiger partial charge in [-0.2, -0.15) is 0 Å². The van der Waals surface area contributed by atoms with E-state index in [2.05, 4.69) is 36.7 Å². The van der Waals surface area contributed by atoms with Gasteiger partial charge in [0.1, 0.15) is 5.82 Å². The summed E-state index contributed by atoms with van der Waals surface area (Å²) in [6.07, 6.45) is 3.14. The van der Waals surface area contributed by atoms with E-state index < -0.39 is 0 Å². The van der Waals surface area contributed by atoms with Gasteiger partial charge in [0.15, 0.2) is 0 Å². The number of benzene rings is 1. The Morgan fingerprint density at radius 2 is 2.10 bits per heavy atom. The molecule has 1 nitrogen and oxygen atoms in total. The molecule has 0 saturated heterocycles. The molecule has 0 aliphatic carbocycles. The molecule has 0 radical (unpaired) electrons. The maximum absolute atomic E-state index is 13.2. The first-order valence-corrected chi connectivity index (χ1v) is 8.11. The van der Waals surface area contributed by atoms with Crippen molar-refractivity contribution in [3.8, 4) is 0 Å². The summed E-state index contributed by atoms with van der Waals surface area (Å²) in [6.45, 7) is 4.38. The lowest BCUT2D eigenvalue weighted by molar-refractivity contribution is 0.433. The molecule has 1 heterocycles. The number of nitrogens with one attached hydrogen (secondary N) is 1. The van der Waals surface area contributed by atoms with Gasteiger partial charge in [0, 0.05) is 17.0 Å². The molecule has 2 atom stereocenters. The minimum absolute atomic E-state index is 0.155. The van der Waals surface area contributed by atoms with E-state index in [9.17, 15) is 4.39 Å². The fourth-order valence-electron chi connectivity index (χ4n) is 2.51. The van der Waals surface area contributed by atoms with Crippen molar-refractivity contribution in [2.75, 3.05) is 0 Å². The quantitative estimate of drug-likeness (QED) is 0.761. The van der Waals surface area contributed by atoms with Gasteiger partial charge in [-0.25, -0.2) is 4.39 Å². The van der Waals surface area contributed by atoms with E-state index in [0.29, 0.717) is 12.1 Å². The molecule has 20 heavy (non-hydrogen) atoms. The number of rotatable bonds is 7. The Balaban J connectivity index is 1.96. The SMILES string of the molecule is CCCC(NC(C)Cc1cccc(F)c1)c1cccs1. The highest BCUT2D eigenvalue weighted by Crippen LogP contribution is 2.24. The second kappa shape index (κ2) is 7.55. The number of halogens is 1. The lowest BCUT2D eigenvalue weighted by atomic mass is 10.0.